The zero-order valence-corrected chi connectivity index (χ0v) is 11.8. The van der Waals surface area contributed by atoms with E-state index in [1.165, 1.54) is 0 Å². The van der Waals surface area contributed by atoms with E-state index in [2.05, 4.69) is 27.2 Å². The van der Waals surface area contributed by atoms with Crippen LogP contribution < -0.4 is 15.5 Å². The number of anilines is 4. The third-order valence-corrected chi connectivity index (χ3v) is 2.97. The van der Waals surface area contributed by atoms with Gasteiger partial charge in [-0.2, -0.15) is 0 Å². The van der Waals surface area contributed by atoms with E-state index < -0.39 is 0 Å². The van der Waals surface area contributed by atoms with E-state index in [0.717, 1.165) is 23.0 Å². The van der Waals surface area contributed by atoms with Gasteiger partial charge in [-0.25, -0.2) is 9.97 Å². The first-order valence-electron chi connectivity index (χ1n) is 6.43. The molecule has 1 aromatic carbocycles. The lowest BCUT2D eigenvalue weighted by molar-refractivity contribution is 1.07. The maximum absolute atomic E-state index is 4.30. The van der Waals surface area contributed by atoms with Crippen LogP contribution in [-0.2, 0) is 0 Å². The molecule has 0 aliphatic heterocycles. The van der Waals surface area contributed by atoms with Gasteiger partial charge in [-0.3, -0.25) is 0 Å². The van der Waals surface area contributed by atoms with Gasteiger partial charge in [0.05, 0.1) is 0 Å². The number of nitrogens with zero attached hydrogens (tertiary/aromatic N) is 3. The molecule has 0 spiro atoms. The van der Waals surface area contributed by atoms with E-state index in [1.54, 1.807) is 12.4 Å². The number of nitrogens with one attached hydrogen (secondary N) is 2. The van der Waals surface area contributed by atoms with Crippen molar-refractivity contribution in [3.05, 3.63) is 49.3 Å². The monoisotopic (exact) mass is 269 g/mol. The van der Waals surface area contributed by atoms with E-state index in [-0.39, 0.29) is 0 Å². The molecule has 2 N–H and O–H groups in total. The van der Waals surface area contributed by atoms with Crippen LogP contribution in [0.5, 0.6) is 0 Å². The molecule has 0 aliphatic carbocycles. The van der Waals surface area contributed by atoms with Gasteiger partial charge in [0.2, 0.25) is 0 Å². The topological polar surface area (TPSA) is 53.1 Å². The van der Waals surface area contributed by atoms with Crippen molar-refractivity contribution in [2.45, 2.75) is 0 Å². The molecule has 104 valence electrons. The molecule has 5 heteroatoms. The van der Waals surface area contributed by atoms with Crippen molar-refractivity contribution in [3.8, 4) is 0 Å². The van der Waals surface area contributed by atoms with Crippen LogP contribution >= 0.6 is 0 Å². The molecule has 0 bridgehead atoms. The summed E-state index contributed by atoms with van der Waals surface area (Å²) in [5, 5.41) is 6.26. The number of hydrogen-bond donors (Lipinski definition) is 2. The van der Waals surface area contributed by atoms with E-state index in [0.29, 0.717) is 6.54 Å². The first kappa shape index (κ1) is 13.9. The Kier molecular flexibility index (Phi) is 4.55. The molecule has 5 nitrogen and oxygen atoms in total. The Labute approximate surface area is 119 Å². The molecular formula is C15H19N5. The fraction of sp³-hybridized carbons (Fsp3) is 0.200. The standard InChI is InChI=1S/C15H19N5/c1-4-9-17-14-10-15(19-11-18-14)20(3)13-7-5-12(16-2)6-8-13/h4-8,10-11,16H,1,9H2,2-3H3,(H,17,18,19). The number of rotatable bonds is 6. The molecule has 0 saturated carbocycles. The highest BCUT2D eigenvalue weighted by atomic mass is 15.2. The summed E-state index contributed by atoms with van der Waals surface area (Å²) in [7, 11) is 3.88. The first-order valence-corrected chi connectivity index (χ1v) is 6.43. The van der Waals surface area contributed by atoms with E-state index in [1.807, 2.05) is 49.3 Å². The zero-order chi connectivity index (χ0) is 14.4. The van der Waals surface area contributed by atoms with Gasteiger partial charge in [-0.05, 0) is 24.3 Å². The van der Waals surface area contributed by atoms with Crippen molar-refractivity contribution in [2.75, 3.05) is 36.2 Å². The summed E-state index contributed by atoms with van der Waals surface area (Å²) in [6.07, 6.45) is 3.35. The molecule has 2 aromatic rings. The zero-order valence-electron chi connectivity index (χ0n) is 11.8. The average molecular weight is 269 g/mol. The molecule has 0 aliphatic rings. The van der Waals surface area contributed by atoms with Crippen molar-refractivity contribution in [1.82, 2.24) is 9.97 Å². The van der Waals surface area contributed by atoms with Gasteiger partial charge in [-0.15, -0.1) is 6.58 Å². The van der Waals surface area contributed by atoms with Crippen LogP contribution in [0.15, 0.2) is 49.3 Å². The van der Waals surface area contributed by atoms with Crippen molar-refractivity contribution in [1.29, 1.82) is 0 Å². The van der Waals surface area contributed by atoms with Crippen LogP contribution in [0, 0.1) is 0 Å². The first-order chi connectivity index (χ1) is 9.74. The second-order valence-corrected chi connectivity index (χ2v) is 4.29. The Morgan fingerprint density at radius 1 is 1.25 bits per heavy atom. The van der Waals surface area contributed by atoms with Crippen molar-refractivity contribution < 1.29 is 0 Å². The highest BCUT2D eigenvalue weighted by Crippen LogP contribution is 2.24. The van der Waals surface area contributed by atoms with Gasteiger partial charge in [0.25, 0.3) is 0 Å². The van der Waals surface area contributed by atoms with E-state index in [9.17, 15) is 0 Å². The number of hydrogen-bond acceptors (Lipinski definition) is 5. The third kappa shape index (κ3) is 3.26. The molecule has 0 saturated heterocycles. The van der Waals surface area contributed by atoms with Crippen molar-refractivity contribution in [3.63, 3.8) is 0 Å². The lowest BCUT2D eigenvalue weighted by Gasteiger charge is -2.19. The quantitative estimate of drug-likeness (QED) is 0.790. The van der Waals surface area contributed by atoms with Gasteiger partial charge in [0.1, 0.15) is 18.0 Å². The molecule has 1 heterocycles. The molecule has 20 heavy (non-hydrogen) atoms. The van der Waals surface area contributed by atoms with Gasteiger partial charge in [0, 0.05) is 38.1 Å². The van der Waals surface area contributed by atoms with Gasteiger partial charge in [0.15, 0.2) is 0 Å². The normalized spacial score (nSPS) is 9.90. The fourth-order valence-electron chi connectivity index (χ4n) is 1.79. The van der Waals surface area contributed by atoms with Crippen LogP contribution in [-0.4, -0.2) is 30.6 Å². The summed E-state index contributed by atoms with van der Waals surface area (Å²) in [6.45, 7) is 4.35. The minimum Gasteiger partial charge on any atom is -0.388 e. The minimum atomic E-state index is 0.678. The largest absolute Gasteiger partial charge is 0.388 e. The highest BCUT2D eigenvalue weighted by Gasteiger charge is 2.06. The predicted octanol–water partition coefficient (Wildman–Crippen LogP) is 2.88. The van der Waals surface area contributed by atoms with E-state index >= 15 is 0 Å². The summed E-state index contributed by atoms with van der Waals surface area (Å²) in [5.74, 6) is 1.62. The fourth-order valence-corrected chi connectivity index (χ4v) is 1.79. The molecule has 2 rings (SSSR count). The Bertz CT molecular complexity index is 565. The van der Waals surface area contributed by atoms with Crippen LogP contribution in [0.4, 0.5) is 23.0 Å². The number of benzene rings is 1. The maximum Gasteiger partial charge on any atom is 0.138 e. The van der Waals surface area contributed by atoms with Gasteiger partial charge < -0.3 is 15.5 Å². The molecule has 0 unspecified atom stereocenters. The molecule has 0 fully saturated rings. The number of aromatic nitrogens is 2. The summed E-state index contributed by atoms with van der Waals surface area (Å²) in [6, 6.07) is 10.1. The molecular weight excluding hydrogens is 250 g/mol. The maximum atomic E-state index is 4.30. The smallest absolute Gasteiger partial charge is 0.138 e. The Balaban J connectivity index is 2.18. The van der Waals surface area contributed by atoms with Crippen LogP contribution in [0.1, 0.15) is 0 Å². The predicted molar refractivity (Wildman–Crippen MR) is 84.8 cm³/mol. The summed E-state index contributed by atoms with van der Waals surface area (Å²) >= 11 is 0. The lowest BCUT2D eigenvalue weighted by atomic mass is 10.2. The summed E-state index contributed by atoms with van der Waals surface area (Å²) in [5.41, 5.74) is 2.15. The molecule has 0 atom stereocenters. The highest BCUT2D eigenvalue weighted by molar-refractivity contribution is 5.63. The second-order valence-electron chi connectivity index (χ2n) is 4.29. The van der Waals surface area contributed by atoms with Crippen LogP contribution in [0.3, 0.4) is 0 Å². The van der Waals surface area contributed by atoms with Gasteiger partial charge in [-0.1, -0.05) is 6.08 Å². The second kappa shape index (κ2) is 6.56. The minimum absolute atomic E-state index is 0.678. The van der Waals surface area contributed by atoms with E-state index in [4.69, 9.17) is 0 Å². The third-order valence-electron chi connectivity index (χ3n) is 2.97. The summed E-state index contributed by atoms with van der Waals surface area (Å²) < 4.78 is 0. The Morgan fingerprint density at radius 3 is 2.65 bits per heavy atom. The van der Waals surface area contributed by atoms with Gasteiger partial charge >= 0.3 is 0 Å². The van der Waals surface area contributed by atoms with Crippen molar-refractivity contribution >= 4 is 23.0 Å². The molecule has 0 amide bonds. The lowest BCUT2D eigenvalue weighted by Crippen LogP contribution is -2.12. The summed E-state index contributed by atoms with van der Waals surface area (Å²) in [4.78, 5) is 10.5. The Morgan fingerprint density at radius 2 is 2.00 bits per heavy atom. The average Bonchev–Trinajstić information content (AvgIpc) is 2.52. The molecule has 1 aromatic heterocycles. The Hall–Kier alpha value is -2.56. The molecule has 0 radical (unpaired) electrons. The SMILES string of the molecule is C=CCNc1cc(N(C)c2ccc(NC)cc2)ncn1. The van der Waals surface area contributed by atoms with Crippen LogP contribution in [0.2, 0.25) is 0 Å². The van der Waals surface area contributed by atoms with Crippen LogP contribution in [0.25, 0.3) is 0 Å². The van der Waals surface area contributed by atoms with Crippen molar-refractivity contribution in [2.24, 2.45) is 0 Å².